The lowest BCUT2D eigenvalue weighted by molar-refractivity contribution is 0.0976. The van der Waals surface area contributed by atoms with Crippen LogP contribution >= 0.6 is 31.9 Å². The highest BCUT2D eigenvalue weighted by atomic mass is 79.9. The van der Waals surface area contributed by atoms with E-state index in [1.807, 2.05) is 36.4 Å². The van der Waals surface area contributed by atoms with Gasteiger partial charge in [0.2, 0.25) is 10.0 Å². The van der Waals surface area contributed by atoms with Crippen molar-refractivity contribution >= 4 is 53.4 Å². The summed E-state index contributed by atoms with van der Waals surface area (Å²) in [7, 11) is -3.75. The van der Waals surface area contributed by atoms with Gasteiger partial charge in [-0.2, -0.15) is 0 Å². The Balaban J connectivity index is 1.86. The third kappa shape index (κ3) is 5.99. The van der Waals surface area contributed by atoms with Crippen molar-refractivity contribution in [2.45, 2.75) is 17.4 Å². The Bertz CT molecular complexity index is 1100. The van der Waals surface area contributed by atoms with Crippen molar-refractivity contribution in [2.75, 3.05) is 5.32 Å². The molecule has 0 aliphatic carbocycles. The zero-order valence-corrected chi connectivity index (χ0v) is 19.2. The van der Waals surface area contributed by atoms with Crippen LogP contribution in [0.2, 0.25) is 0 Å². The second kappa shape index (κ2) is 9.21. The van der Waals surface area contributed by atoms with Crippen molar-refractivity contribution in [2.24, 2.45) is 5.14 Å². The lowest BCUT2D eigenvalue weighted by Crippen LogP contribution is -2.16. The van der Waals surface area contributed by atoms with Gasteiger partial charge in [0.15, 0.2) is 5.78 Å². The lowest BCUT2D eigenvalue weighted by Gasteiger charge is -2.20. The molecule has 1 unspecified atom stereocenters. The fourth-order valence-corrected chi connectivity index (χ4v) is 3.87. The van der Waals surface area contributed by atoms with Crippen LogP contribution < -0.4 is 10.5 Å². The summed E-state index contributed by atoms with van der Waals surface area (Å²) in [6, 6.07) is 20.8. The number of hydrogen-bond acceptors (Lipinski definition) is 4. The average molecular weight is 538 g/mol. The second-order valence-electron chi connectivity index (χ2n) is 6.45. The molecule has 0 bridgehead atoms. The number of anilines is 1. The van der Waals surface area contributed by atoms with Crippen LogP contribution in [-0.2, 0) is 10.0 Å². The fourth-order valence-electron chi connectivity index (χ4n) is 2.83. The first-order chi connectivity index (χ1) is 13.7. The Morgan fingerprint density at radius 1 is 0.862 bits per heavy atom. The Labute approximate surface area is 186 Å². The summed E-state index contributed by atoms with van der Waals surface area (Å²) >= 11 is 6.79. The maximum atomic E-state index is 12.8. The molecule has 3 aromatic rings. The van der Waals surface area contributed by atoms with Gasteiger partial charge in [-0.15, -0.1) is 0 Å². The monoisotopic (exact) mass is 536 g/mol. The largest absolute Gasteiger partial charge is 0.378 e. The molecule has 0 saturated carbocycles. The van der Waals surface area contributed by atoms with Gasteiger partial charge in [0, 0.05) is 26.6 Å². The summed E-state index contributed by atoms with van der Waals surface area (Å²) in [4.78, 5) is 12.9. The Kier molecular flexibility index (Phi) is 6.89. The van der Waals surface area contributed by atoms with Gasteiger partial charge in [-0.1, -0.05) is 56.1 Å². The average Bonchev–Trinajstić information content (AvgIpc) is 2.68. The standard InChI is InChI=1S/C21H18Br2N2O3S/c22-16-5-1-14(2-6-16)20(13-21(26)15-3-7-17(23)8-4-15)25-18-9-11-19(12-10-18)29(24,27)28/h1-12,20,25H,13H2,(H2,24,27,28). The molecule has 0 radical (unpaired) electrons. The van der Waals surface area contributed by atoms with Crippen molar-refractivity contribution in [3.63, 3.8) is 0 Å². The maximum Gasteiger partial charge on any atom is 0.238 e. The smallest absolute Gasteiger partial charge is 0.238 e. The molecule has 0 spiro atoms. The summed E-state index contributed by atoms with van der Waals surface area (Å²) in [6.45, 7) is 0. The number of halogens is 2. The van der Waals surface area contributed by atoms with Gasteiger partial charge in [0.25, 0.3) is 0 Å². The van der Waals surface area contributed by atoms with Crippen LogP contribution in [0, 0.1) is 0 Å². The molecule has 5 nitrogen and oxygen atoms in total. The van der Waals surface area contributed by atoms with E-state index in [4.69, 9.17) is 5.14 Å². The number of carbonyl (C=O) groups excluding carboxylic acids is 1. The van der Waals surface area contributed by atoms with E-state index >= 15 is 0 Å². The van der Waals surface area contributed by atoms with E-state index in [9.17, 15) is 13.2 Å². The maximum absolute atomic E-state index is 12.8. The van der Waals surface area contributed by atoms with Gasteiger partial charge in [0.05, 0.1) is 10.9 Å². The molecule has 150 valence electrons. The molecule has 3 N–H and O–H groups in total. The van der Waals surface area contributed by atoms with Gasteiger partial charge < -0.3 is 5.32 Å². The van der Waals surface area contributed by atoms with Crippen LogP contribution in [0.1, 0.15) is 28.4 Å². The van der Waals surface area contributed by atoms with Crippen molar-refractivity contribution < 1.29 is 13.2 Å². The van der Waals surface area contributed by atoms with Gasteiger partial charge in [-0.05, 0) is 54.1 Å². The van der Waals surface area contributed by atoms with E-state index in [0.29, 0.717) is 11.3 Å². The van der Waals surface area contributed by atoms with Crippen LogP contribution in [0.4, 0.5) is 5.69 Å². The predicted octanol–water partition coefficient (Wildman–Crippen LogP) is 5.29. The molecule has 3 rings (SSSR count). The number of benzene rings is 3. The molecule has 0 saturated heterocycles. The Hall–Kier alpha value is -2.00. The number of nitrogens with one attached hydrogen (secondary N) is 1. The molecule has 0 fully saturated rings. The number of sulfonamides is 1. The fraction of sp³-hybridized carbons (Fsp3) is 0.0952. The Morgan fingerprint density at radius 3 is 1.90 bits per heavy atom. The molecule has 0 amide bonds. The molecule has 0 aliphatic rings. The highest BCUT2D eigenvalue weighted by Gasteiger charge is 2.18. The molecule has 3 aromatic carbocycles. The van der Waals surface area contributed by atoms with E-state index in [2.05, 4.69) is 37.2 Å². The van der Waals surface area contributed by atoms with Gasteiger partial charge in [-0.3, -0.25) is 4.79 Å². The van der Waals surface area contributed by atoms with Crippen molar-refractivity contribution in [3.05, 3.63) is 92.9 Å². The quantitative estimate of drug-likeness (QED) is 0.401. The topological polar surface area (TPSA) is 89.3 Å². The molecule has 1 atom stereocenters. The number of hydrogen-bond donors (Lipinski definition) is 2. The minimum atomic E-state index is -3.75. The van der Waals surface area contributed by atoms with Gasteiger partial charge >= 0.3 is 0 Å². The third-order valence-electron chi connectivity index (χ3n) is 4.35. The number of nitrogens with two attached hydrogens (primary N) is 1. The normalized spacial score (nSPS) is 12.4. The molecular weight excluding hydrogens is 520 g/mol. The van der Waals surface area contributed by atoms with Crippen LogP contribution in [0.5, 0.6) is 0 Å². The molecule has 29 heavy (non-hydrogen) atoms. The molecule has 0 aromatic heterocycles. The van der Waals surface area contributed by atoms with E-state index in [1.54, 1.807) is 24.3 Å². The number of carbonyl (C=O) groups is 1. The van der Waals surface area contributed by atoms with Crippen LogP contribution in [0.25, 0.3) is 0 Å². The second-order valence-corrected chi connectivity index (χ2v) is 9.84. The minimum Gasteiger partial charge on any atom is -0.378 e. The number of Topliss-reactive ketones (excluding diaryl/α,β-unsaturated/α-hetero) is 1. The van der Waals surface area contributed by atoms with E-state index in [0.717, 1.165) is 14.5 Å². The highest BCUT2D eigenvalue weighted by molar-refractivity contribution is 9.10. The van der Waals surface area contributed by atoms with Crippen molar-refractivity contribution in [1.82, 2.24) is 0 Å². The van der Waals surface area contributed by atoms with E-state index < -0.39 is 10.0 Å². The first-order valence-corrected chi connectivity index (χ1v) is 11.8. The summed E-state index contributed by atoms with van der Waals surface area (Å²) in [5.41, 5.74) is 2.25. The first kappa shape index (κ1) is 21.7. The molecule has 0 heterocycles. The SMILES string of the molecule is NS(=O)(=O)c1ccc(NC(CC(=O)c2ccc(Br)cc2)c2ccc(Br)cc2)cc1. The van der Waals surface area contributed by atoms with Crippen LogP contribution in [0.15, 0.2) is 86.6 Å². The summed E-state index contributed by atoms with van der Waals surface area (Å²) < 4.78 is 24.8. The zero-order chi connectivity index (χ0) is 21.0. The van der Waals surface area contributed by atoms with E-state index in [-0.39, 0.29) is 23.1 Å². The minimum absolute atomic E-state index is 0.000857. The highest BCUT2D eigenvalue weighted by Crippen LogP contribution is 2.27. The molecule has 0 aliphatic heterocycles. The van der Waals surface area contributed by atoms with Crippen molar-refractivity contribution in [1.29, 1.82) is 0 Å². The first-order valence-electron chi connectivity index (χ1n) is 8.66. The number of rotatable bonds is 7. The van der Waals surface area contributed by atoms with Crippen LogP contribution in [-0.4, -0.2) is 14.2 Å². The number of ketones is 1. The van der Waals surface area contributed by atoms with Crippen molar-refractivity contribution in [3.8, 4) is 0 Å². The lowest BCUT2D eigenvalue weighted by atomic mass is 9.97. The van der Waals surface area contributed by atoms with Gasteiger partial charge in [-0.25, -0.2) is 13.6 Å². The summed E-state index contributed by atoms with van der Waals surface area (Å²) in [5, 5.41) is 8.48. The Morgan fingerprint density at radius 2 is 1.38 bits per heavy atom. The summed E-state index contributed by atoms with van der Waals surface area (Å²) in [6.07, 6.45) is 0.236. The predicted molar refractivity (Wildman–Crippen MR) is 121 cm³/mol. The number of primary sulfonamides is 1. The summed E-state index contributed by atoms with van der Waals surface area (Å²) in [5.74, 6) is -0.000857. The molecular formula is C21H18Br2N2O3S. The van der Waals surface area contributed by atoms with Gasteiger partial charge in [0.1, 0.15) is 0 Å². The third-order valence-corrected chi connectivity index (χ3v) is 6.34. The van der Waals surface area contributed by atoms with Crippen LogP contribution in [0.3, 0.4) is 0 Å². The van der Waals surface area contributed by atoms with E-state index in [1.165, 1.54) is 12.1 Å². The molecule has 8 heteroatoms. The zero-order valence-electron chi connectivity index (χ0n) is 15.2.